The van der Waals surface area contributed by atoms with E-state index in [-0.39, 0.29) is 55.0 Å². The Labute approximate surface area is 517 Å². The van der Waals surface area contributed by atoms with Crippen LogP contribution in [0.4, 0.5) is 23.0 Å². The van der Waals surface area contributed by atoms with Crippen LogP contribution in [0.1, 0.15) is 108 Å². The lowest BCUT2D eigenvalue weighted by atomic mass is 9.86. The normalized spacial score (nSPS) is 20.2. The van der Waals surface area contributed by atoms with Crippen molar-refractivity contribution in [2.45, 2.75) is 89.0 Å². The number of morpholine rings is 2. The van der Waals surface area contributed by atoms with E-state index in [1.165, 1.54) is 11.4 Å². The molecular formula is C65H80N12O10Si+2. The lowest BCUT2D eigenvalue weighted by Crippen LogP contribution is -2.51. The van der Waals surface area contributed by atoms with E-state index < -0.39 is 11.7 Å². The number of ether oxygens (including phenoxy) is 6. The molecule has 4 aromatic rings. The number of aliphatic imine (C=N–C) groups is 1. The van der Waals surface area contributed by atoms with Gasteiger partial charge in [-0.3, -0.25) is 19.2 Å². The van der Waals surface area contributed by atoms with Crippen molar-refractivity contribution in [2.75, 3.05) is 129 Å². The summed E-state index contributed by atoms with van der Waals surface area (Å²) in [6.07, 6.45) is 8.95. The molecule has 2 aromatic carbocycles. The molecule has 2 saturated heterocycles. The Kier molecular flexibility index (Phi) is 23.1. The summed E-state index contributed by atoms with van der Waals surface area (Å²) in [4.78, 5) is 81.9. The number of benzene rings is 2. The van der Waals surface area contributed by atoms with E-state index in [1.54, 1.807) is 33.2 Å². The first-order valence-electron chi connectivity index (χ1n) is 30.9. The van der Waals surface area contributed by atoms with Gasteiger partial charge in [0.15, 0.2) is 11.7 Å². The molecule has 2 radical (unpaired) electrons. The van der Waals surface area contributed by atoms with Crippen molar-refractivity contribution in [2.24, 2.45) is 16.8 Å². The molecule has 2 aliphatic carbocycles. The van der Waals surface area contributed by atoms with E-state index in [9.17, 15) is 19.2 Å². The fourth-order valence-electron chi connectivity index (χ4n) is 12.1. The van der Waals surface area contributed by atoms with Gasteiger partial charge in [0.2, 0.25) is 0 Å². The average Bonchev–Trinajstić information content (AvgIpc) is 1.67. The smallest absolute Gasteiger partial charge is 0.329 e. The molecule has 4 aliphatic heterocycles. The van der Waals surface area contributed by atoms with Crippen LogP contribution in [0.3, 0.4) is 0 Å². The number of anilines is 2. The molecule has 10 rings (SSSR count). The van der Waals surface area contributed by atoms with Crippen molar-refractivity contribution in [1.82, 2.24) is 35.9 Å². The highest BCUT2D eigenvalue weighted by atomic mass is 28.2. The monoisotopic (exact) mass is 1220 g/mol. The molecule has 23 heteroatoms. The first kappa shape index (κ1) is 63.4. The lowest BCUT2D eigenvalue weighted by molar-refractivity contribution is -0.466. The van der Waals surface area contributed by atoms with Gasteiger partial charge in [-0.05, 0) is 97.2 Å². The van der Waals surface area contributed by atoms with Crippen molar-refractivity contribution in [1.29, 1.82) is 0 Å². The minimum absolute atomic E-state index is 0.0657. The van der Waals surface area contributed by atoms with Gasteiger partial charge >= 0.3 is 23.3 Å². The standard InChI is InChI=1S/C65H78N12O10Si/c1-45(69-62(79)47-18-22-52(23-19-47)75-26-32-85-33-27-75)53-42-60(77-55-13-7-5-11-49(55)44-88-65(77)64(81)67-3)73-58(71-53)15-9-29-83-35-37-87-39-38-86-36-34-82-28-8-14-57-70-50(43-68-61(78)46-16-20-51(21-17-46)74-24-30-84-31-25-74)41-59(72-57)76-54-12-6-4-10-48(54)40-56(76)63(80)66-2/h16-23,41-42,48-49,56,65H,4-7,10-13,24-40,43-44H2,1-3H3,(H-2,66,67,68,78,80,81)/p+2/t48-,49-,56-,65-/m0/s1. The number of aromatic nitrogens is 4. The van der Waals surface area contributed by atoms with Crippen molar-refractivity contribution < 1.29 is 56.8 Å². The predicted octanol–water partition coefficient (Wildman–Crippen LogP) is 4.27. The minimum atomic E-state index is -0.417. The second-order valence-electron chi connectivity index (χ2n) is 22.3. The van der Waals surface area contributed by atoms with Crippen LogP contribution in [0.5, 0.6) is 0 Å². The fourth-order valence-corrected chi connectivity index (χ4v) is 13.8. The molecule has 4 atom stereocenters. The average molecular weight is 1220 g/mol. The third kappa shape index (κ3) is 16.8. The van der Waals surface area contributed by atoms with Crippen LogP contribution in [0, 0.1) is 35.5 Å². The highest BCUT2D eigenvalue weighted by Crippen LogP contribution is 2.36. The van der Waals surface area contributed by atoms with Gasteiger partial charge in [0.05, 0.1) is 113 Å². The molecule has 6 aliphatic rings. The Morgan fingerprint density at radius 3 is 1.77 bits per heavy atom. The SMILES string of the molecule is CNC(=O)[C@@H]1C[C@@H]2CCCCC2=[N+]1c1cc(CNC(=O)c2ccc(N3CCOCC3)cc2)nc(C#CCOCCOCCOCCOCC#Cc2nc(C(C)=NC(=O)c3ccc(N4CCOCC4)cc3)cc([N+]3=C4CCCC[C@H]4C[Si][C@H]3C(=O)NC)n2)n1. The number of likely N-dealkylation sites (N-methyl/N-ethyl adjacent to an activating group) is 2. The lowest BCUT2D eigenvalue weighted by Gasteiger charge is -2.32. The van der Waals surface area contributed by atoms with Gasteiger partial charge in [-0.15, -0.1) is 0 Å². The van der Waals surface area contributed by atoms with Crippen molar-refractivity contribution >= 4 is 73.3 Å². The summed E-state index contributed by atoms with van der Waals surface area (Å²) in [5.74, 6) is 13.8. The number of fused-ring (bicyclic) bond motifs is 2. The van der Waals surface area contributed by atoms with Gasteiger partial charge in [0.1, 0.15) is 22.7 Å². The molecule has 4 fully saturated rings. The van der Waals surface area contributed by atoms with Crippen LogP contribution < -0.4 is 25.8 Å². The van der Waals surface area contributed by atoms with Gasteiger partial charge < -0.3 is 54.2 Å². The zero-order valence-corrected chi connectivity index (χ0v) is 51.8. The summed E-state index contributed by atoms with van der Waals surface area (Å²) in [5.41, 5.74) is 6.50. The summed E-state index contributed by atoms with van der Waals surface area (Å²) >= 11 is 0. The molecule has 2 aromatic heterocycles. The van der Waals surface area contributed by atoms with Crippen LogP contribution in [0.15, 0.2) is 65.7 Å². The molecule has 0 bridgehead atoms. The van der Waals surface area contributed by atoms with Crippen molar-refractivity contribution in [3.8, 4) is 23.7 Å². The van der Waals surface area contributed by atoms with Crippen LogP contribution in [-0.4, -0.2) is 211 Å². The van der Waals surface area contributed by atoms with E-state index >= 15 is 0 Å². The van der Waals surface area contributed by atoms with Gasteiger partial charge in [-0.2, -0.15) is 4.98 Å². The molecular weight excluding hydrogens is 1140 g/mol. The largest absolute Gasteiger partial charge is 0.378 e. The number of hydrogen-bond donors (Lipinski definition) is 3. The van der Waals surface area contributed by atoms with E-state index in [4.69, 9.17) is 48.4 Å². The quantitative estimate of drug-likeness (QED) is 0.0328. The van der Waals surface area contributed by atoms with Crippen LogP contribution >= 0.6 is 0 Å². The molecule has 0 unspecified atom stereocenters. The Hall–Kier alpha value is -7.61. The summed E-state index contributed by atoms with van der Waals surface area (Å²) in [6.45, 7) is 9.97. The predicted molar refractivity (Wildman–Crippen MR) is 332 cm³/mol. The number of nitrogens with zero attached hydrogens (tertiary/aromatic N) is 9. The number of carbonyl (C=O) groups excluding carboxylic acids is 4. The van der Waals surface area contributed by atoms with Crippen LogP contribution in [-0.2, 0) is 44.6 Å². The Morgan fingerprint density at radius 2 is 1.18 bits per heavy atom. The maximum absolute atomic E-state index is 13.6. The zero-order valence-electron chi connectivity index (χ0n) is 50.8. The molecule has 0 spiro atoms. The molecule has 6 heterocycles. The Bertz CT molecular complexity index is 3340. The first-order valence-corrected chi connectivity index (χ1v) is 32.2. The van der Waals surface area contributed by atoms with Gasteiger partial charge in [-0.1, -0.05) is 24.7 Å². The van der Waals surface area contributed by atoms with Crippen molar-refractivity contribution in [3.63, 3.8) is 0 Å². The van der Waals surface area contributed by atoms with E-state index in [1.807, 2.05) is 48.5 Å². The minimum Gasteiger partial charge on any atom is -0.378 e. The van der Waals surface area contributed by atoms with E-state index in [0.29, 0.717) is 127 Å². The van der Waals surface area contributed by atoms with E-state index in [2.05, 4.69) is 63.6 Å². The second kappa shape index (κ2) is 32.0. The second-order valence-corrected chi connectivity index (χ2v) is 23.6. The van der Waals surface area contributed by atoms with Gasteiger partial charge in [0.25, 0.3) is 23.6 Å². The van der Waals surface area contributed by atoms with E-state index in [0.717, 1.165) is 101 Å². The van der Waals surface area contributed by atoms with Crippen molar-refractivity contribution in [3.05, 3.63) is 94.8 Å². The maximum Gasteiger partial charge on any atom is 0.329 e. The number of nitrogens with one attached hydrogen (secondary N) is 3. The summed E-state index contributed by atoms with van der Waals surface area (Å²) in [6, 6.07) is 19.3. The summed E-state index contributed by atoms with van der Waals surface area (Å²) in [7, 11) is 3.70. The highest BCUT2D eigenvalue weighted by Gasteiger charge is 2.44. The number of carbonyl (C=O) groups is 4. The molecule has 462 valence electrons. The van der Waals surface area contributed by atoms with Gasteiger partial charge in [0, 0.05) is 106 Å². The molecule has 3 N–H and O–H groups in total. The van der Waals surface area contributed by atoms with Crippen LogP contribution in [0.25, 0.3) is 0 Å². The third-order valence-corrected chi connectivity index (χ3v) is 18.3. The Balaban J connectivity index is 0.696. The summed E-state index contributed by atoms with van der Waals surface area (Å²) < 4.78 is 38.2. The maximum atomic E-state index is 13.6. The molecule has 22 nitrogen and oxygen atoms in total. The molecule has 88 heavy (non-hydrogen) atoms. The highest BCUT2D eigenvalue weighted by molar-refractivity contribution is 6.44. The summed E-state index contributed by atoms with van der Waals surface area (Å²) in [5, 5.41) is 8.75. The zero-order chi connectivity index (χ0) is 61.0. The fraction of sp³-hybridized carbons (Fsp3) is 0.523. The topological polar surface area (TPSA) is 236 Å². The molecule has 2 saturated carbocycles. The molecule has 4 amide bonds. The Morgan fingerprint density at radius 1 is 0.648 bits per heavy atom. The van der Waals surface area contributed by atoms with Crippen LogP contribution in [0.2, 0.25) is 6.04 Å². The number of rotatable bonds is 22. The number of hydrogen-bond acceptors (Lipinski definition) is 16. The number of amides is 4. The third-order valence-electron chi connectivity index (χ3n) is 16.6. The first-order chi connectivity index (χ1) is 43.1. The van der Waals surface area contributed by atoms with Gasteiger partial charge in [-0.25, -0.2) is 19.1 Å².